The SMILES string of the molecule is COC(=O)[C@@H](C)Cc1ccncc1. The van der Waals surface area contributed by atoms with Gasteiger partial charge in [0.2, 0.25) is 0 Å². The molecule has 1 rings (SSSR count). The molecular weight excluding hydrogens is 166 g/mol. The van der Waals surface area contributed by atoms with E-state index < -0.39 is 0 Å². The predicted molar refractivity (Wildman–Crippen MR) is 49.1 cm³/mol. The van der Waals surface area contributed by atoms with E-state index in [1.807, 2.05) is 19.1 Å². The van der Waals surface area contributed by atoms with E-state index in [1.165, 1.54) is 7.11 Å². The Kier molecular flexibility index (Phi) is 3.43. The molecule has 0 aliphatic rings. The third-order valence-corrected chi connectivity index (χ3v) is 1.89. The van der Waals surface area contributed by atoms with E-state index in [4.69, 9.17) is 0 Å². The third kappa shape index (κ3) is 2.86. The molecule has 0 saturated heterocycles. The fourth-order valence-electron chi connectivity index (χ4n) is 1.16. The monoisotopic (exact) mass is 179 g/mol. The lowest BCUT2D eigenvalue weighted by Gasteiger charge is -2.07. The van der Waals surface area contributed by atoms with Gasteiger partial charge in [0, 0.05) is 12.4 Å². The molecule has 0 unspecified atom stereocenters. The number of ether oxygens (including phenoxy) is 1. The van der Waals surface area contributed by atoms with Crippen molar-refractivity contribution < 1.29 is 9.53 Å². The van der Waals surface area contributed by atoms with Gasteiger partial charge in [-0.05, 0) is 24.1 Å². The summed E-state index contributed by atoms with van der Waals surface area (Å²) >= 11 is 0. The van der Waals surface area contributed by atoms with Crippen molar-refractivity contribution >= 4 is 5.97 Å². The number of pyridine rings is 1. The average molecular weight is 179 g/mol. The normalized spacial score (nSPS) is 12.2. The number of rotatable bonds is 3. The summed E-state index contributed by atoms with van der Waals surface area (Å²) in [5.41, 5.74) is 1.10. The van der Waals surface area contributed by atoms with Crippen LogP contribution in [-0.4, -0.2) is 18.1 Å². The van der Waals surface area contributed by atoms with Gasteiger partial charge in [0.15, 0.2) is 0 Å². The summed E-state index contributed by atoms with van der Waals surface area (Å²) < 4.78 is 4.63. The molecule has 0 N–H and O–H groups in total. The van der Waals surface area contributed by atoms with Crippen molar-refractivity contribution in [3.63, 3.8) is 0 Å². The zero-order valence-corrected chi connectivity index (χ0v) is 7.86. The molecule has 3 nitrogen and oxygen atoms in total. The number of carbonyl (C=O) groups excluding carboxylic acids is 1. The van der Waals surface area contributed by atoms with Gasteiger partial charge < -0.3 is 4.74 Å². The van der Waals surface area contributed by atoms with Crippen LogP contribution in [-0.2, 0) is 16.0 Å². The van der Waals surface area contributed by atoms with Crippen molar-refractivity contribution in [2.24, 2.45) is 5.92 Å². The first-order chi connectivity index (χ1) is 6.24. The van der Waals surface area contributed by atoms with Crippen molar-refractivity contribution in [3.8, 4) is 0 Å². The van der Waals surface area contributed by atoms with Crippen LogP contribution in [0.25, 0.3) is 0 Å². The van der Waals surface area contributed by atoms with Gasteiger partial charge in [-0.3, -0.25) is 9.78 Å². The van der Waals surface area contributed by atoms with Crippen LogP contribution in [0.15, 0.2) is 24.5 Å². The van der Waals surface area contributed by atoms with Gasteiger partial charge in [0.05, 0.1) is 13.0 Å². The summed E-state index contributed by atoms with van der Waals surface area (Å²) in [6.07, 6.45) is 4.15. The molecule has 0 amide bonds. The highest BCUT2D eigenvalue weighted by molar-refractivity contribution is 5.72. The predicted octanol–water partition coefficient (Wildman–Crippen LogP) is 1.43. The molecule has 1 aromatic rings. The summed E-state index contributed by atoms with van der Waals surface area (Å²) in [5.74, 6) is -0.260. The maximum Gasteiger partial charge on any atom is 0.308 e. The minimum Gasteiger partial charge on any atom is -0.469 e. The van der Waals surface area contributed by atoms with Gasteiger partial charge >= 0.3 is 5.97 Å². The summed E-state index contributed by atoms with van der Waals surface area (Å²) in [6.45, 7) is 1.85. The van der Waals surface area contributed by atoms with E-state index in [0.29, 0.717) is 6.42 Å². The van der Waals surface area contributed by atoms with Crippen molar-refractivity contribution in [1.82, 2.24) is 4.98 Å². The van der Waals surface area contributed by atoms with Crippen LogP contribution in [0, 0.1) is 5.92 Å². The fourth-order valence-corrected chi connectivity index (χ4v) is 1.16. The van der Waals surface area contributed by atoms with Crippen molar-refractivity contribution in [2.45, 2.75) is 13.3 Å². The van der Waals surface area contributed by atoms with Crippen LogP contribution in [0.5, 0.6) is 0 Å². The maximum absolute atomic E-state index is 11.1. The van der Waals surface area contributed by atoms with E-state index >= 15 is 0 Å². The van der Waals surface area contributed by atoms with Gasteiger partial charge in [0.1, 0.15) is 0 Å². The number of hydrogen-bond acceptors (Lipinski definition) is 3. The number of methoxy groups -OCH3 is 1. The number of aromatic nitrogens is 1. The van der Waals surface area contributed by atoms with Gasteiger partial charge in [-0.2, -0.15) is 0 Å². The molecule has 0 aromatic carbocycles. The Hall–Kier alpha value is -1.38. The van der Waals surface area contributed by atoms with Crippen molar-refractivity contribution in [2.75, 3.05) is 7.11 Å². The van der Waals surface area contributed by atoms with E-state index in [-0.39, 0.29) is 11.9 Å². The molecule has 0 radical (unpaired) electrons. The standard InChI is InChI=1S/C10H13NO2/c1-8(10(12)13-2)7-9-3-5-11-6-4-9/h3-6,8H,7H2,1-2H3/t8-/m0/s1. The van der Waals surface area contributed by atoms with Crippen LogP contribution in [0.4, 0.5) is 0 Å². The van der Waals surface area contributed by atoms with Crippen molar-refractivity contribution in [3.05, 3.63) is 30.1 Å². The molecule has 1 heterocycles. The zero-order chi connectivity index (χ0) is 9.68. The van der Waals surface area contributed by atoms with Gasteiger partial charge in [-0.15, -0.1) is 0 Å². The third-order valence-electron chi connectivity index (χ3n) is 1.89. The molecule has 70 valence electrons. The molecule has 3 heteroatoms. The zero-order valence-electron chi connectivity index (χ0n) is 7.86. The molecule has 0 bridgehead atoms. The summed E-state index contributed by atoms with van der Waals surface area (Å²) in [6, 6.07) is 3.80. The first-order valence-electron chi connectivity index (χ1n) is 4.20. The molecule has 0 spiro atoms. The lowest BCUT2D eigenvalue weighted by molar-refractivity contribution is -0.144. The Labute approximate surface area is 77.8 Å². The first-order valence-corrected chi connectivity index (χ1v) is 4.20. The number of nitrogens with zero attached hydrogens (tertiary/aromatic N) is 1. The second-order valence-corrected chi connectivity index (χ2v) is 2.98. The van der Waals surface area contributed by atoms with Crippen molar-refractivity contribution in [1.29, 1.82) is 0 Å². The highest BCUT2D eigenvalue weighted by Crippen LogP contribution is 2.08. The number of esters is 1. The average Bonchev–Trinajstić information content (AvgIpc) is 2.18. The lowest BCUT2D eigenvalue weighted by Crippen LogP contribution is -2.14. The Bertz CT molecular complexity index is 272. The summed E-state index contributed by atoms with van der Waals surface area (Å²) in [4.78, 5) is 15.0. The number of carbonyl (C=O) groups is 1. The molecule has 0 aliphatic carbocycles. The second-order valence-electron chi connectivity index (χ2n) is 2.98. The first kappa shape index (κ1) is 9.71. The summed E-state index contributed by atoms with van der Waals surface area (Å²) in [7, 11) is 1.41. The van der Waals surface area contributed by atoms with Crippen LogP contribution >= 0.6 is 0 Å². The van der Waals surface area contributed by atoms with E-state index in [9.17, 15) is 4.79 Å². The Morgan fingerprint density at radius 1 is 1.54 bits per heavy atom. The van der Waals surface area contributed by atoms with Gasteiger partial charge in [-0.1, -0.05) is 6.92 Å². The van der Waals surface area contributed by atoms with E-state index in [2.05, 4.69) is 9.72 Å². The molecule has 13 heavy (non-hydrogen) atoms. The quantitative estimate of drug-likeness (QED) is 0.659. The van der Waals surface area contributed by atoms with Gasteiger partial charge in [-0.25, -0.2) is 0 Å². The Morgan fingerprint density at radius 3 is 2.69 bits per heavy atom. The molecule has 0 saturated carbocycles. The largest absolute Gasteiger partial charge is 0.469 e. The van der Waals surface area contributed by atoms with Gasteiger partial charge in [0.25, 0.3) is 0 Å². The van der Waals surface area contributed by atoms with E-state index in [1.54, 1.807) is 12.4 Å². The van der Waals surface area contributed by atoms with Crippen LogP contribution in [0.3, 0.4) is 0 Å². The Morgan fingerprint density at radius 2 is 2.15 bits per heavy atom. The number of hydrogen-bond donors (Lipinski definition) is 0. The van der Waals surface area contributed by atoms with Crippen LogP contribution in [0.1, 0.15) is 12.5 Å². The fraction of sp³-hybridized carbons (Fsp3) is 0.400. The highest BCUT2D eigenvalue weighted by atomic mass is 16.5. The van der Waals surface area contributed by atoms with E-state index in [0.717, 1.165) is 5.56 Å². The van der Waals surface area contributed by atoms with Crippen LogP contribution < -0.4 is 0 Å². The summed E-state index contributed by atoms with van der Waals surface area (Å²) in [5, 5.41) is 0. The topological polar surface area (TPSA) is 39.2 Å². The minimum atomic E-state index is -0.170. The second kappa shape index (κ2) is 4.60. The minimum absolute atomic E-state index is 0.0904. The molecular formula is C10H13NO2. The Balaban J connectivity index is 2.55. The smallest absolute Gasteiger partial charge is 0.308 e. The molecule has 1 atom stereocenters. The van der Waals surface area contributed by atoms with Crippen LogP contribution in [0.2, 0.25) is 0 Å². The lowest BCUT2D eigenvalue weighted by atomic mass is 10.0. The maximum atomic E-state index is 11.1. The molecule has 0 aliphatic heterocycles. The molecule has 0 fully saturated rings. The molecule has 1 aromatic heterocycles. The highest BCUT2D eigenvalue weighted by Gasteiger charge is 2.12.